The van der Waals surface area contributed by atoms with Crippen molar-refractivity contribution in [1.29, 1.82) is 0 Å². The van der Waals surface area contributed by atoms with Crippen LogP contribution < -0.4 is 0 Å². The third-order valence-electron chi connectivity index (χ3n) is 4.50. The Morgan fingerprint density at radius 2 is 1.53 bits per heavy atom. The van der Waals surface area contributed by atoms with Gasteiger partial charge in [-0.1, -0.05) is 41.9 Å². The lowest BCUT2D eigenvalue weighted by atomic mass is 9.95. The molecule has 0 saturated carbocycles. The minimum absolute atomic E-state index is 0.00945. The first-order chi connectivity index (χ1) is 14.5. The average Bonchev–Trinajstić information content (AvgIpc) is 2.70. The standard InChI is InChI=1S/C23H27ClO6/c24-20-6-7-21(19(16-20)8-12-30-14-10-23(27)28)18-5-1-3-17(15-18)4-2-11-29-13-9-22(25)26/h1,3,5-7,15-16H,2,4,8-14H2,(H,25,26)(H,27,28). The zero-order valence-electron chi connectivity index (χ0n) is 16.8. The molecule has 0 spiro atoms. The van der Waals surface area contributed by atoms with Gasteiger partial charge in [0.1, 0.15) is 0 Å². The molecule has 6 nitrogen and oxygen atoms in total. The average molecular weight is 435 g/mol. The number of rotatable bonds is 14. The van der Waals surface area contributed by atoms with Crippen molar-refractivity contribution in [3.63, 3.8) is 0 Å². The predicted octanol–water partition coefficient (Wildman–Crippen LogP) is 4.46. The van der Waals surface area contributed by atoms with Crippen LogP contribution in [0.5, 0.6) is 0 Å². The molecular formula is C23H27ClO6. The number of hydrogen-bond acceptors (Lipinski definition) is 4. The van der Waals surface area contributed by atoms with E-state index < -0.39 is 11.9 Å². The SMILES string of the molecule is O=C(O)CCOCCCc1cccc(-c2ccc(Cl)cc2CCOCCC(=O)O)c1. The maximum absolute atomic E-state index is 10.6. The normalized spacial score (nSPS) is 10.8. The molecule has 0 bridgehead atoms. The maximum atomic E-state index is 10.6. The molecule has 0 fully saturated rings. The summed E-state index contributed by atoms with van der Waals surface area (Å²) in [4.78, 5) is 21.1. The highest BCUT2D eigenvalue weighted by Crippen LogP contribution is 2.28. The van der Waals surface area contributed by atoms with Gasteiger partial charge in [-0.25, -0.2) is 0 Å². The molecule has 0 aliphatic heterocycles. The largest absolute Gasteiger partial charge is 0.481 e. The molecule has 0 amide bonds. The zero-order chi connectivity index (χ0) is 21.8. The van der Waals surface area contributed by atoms with Crippen molar-refractivity contribution in [3.8, 4) is 11.1 Å². The summed E-state index contributed by atoms with van der Waals surface area (Å²) in [5, 5.41) is 17.9. The molecule has 162 valence electrons. The lowest BCUT2D eigenvalue weighted by Crippen LogP contribution is -2.06. The summed E-state index contributed by atoms with van der Waals surface area (Å²) >= 11 is 6.18. The number of carbonyl (C=O) groups is 2. The van der Waals surface area contributed by atoms with Crippen LogP contribution in [0.3, 0.4) is 0 Å². The summed E-state index contributed by atoms with van der Waals surface area (Å²) in [7, 11) is 0. The second-order valence-electron chi connectivity index (χ2n) is 6.87. The first-order valence-electron chi connectivity index (χ1n) is 9.92. The fraction of sp³-hybridized carbons (Fsp3) is 0.391. The number of aryl methyl sites for hydroxylation is 1. The fourth-order valence-electron chi connectivity index (χ4n) is 3.03. The Balaban J connectivity index is 1.95. The smallest absolute Gasteiger partial charge is 0.305 e. The van der Waals surface area contributed by atoms with Crippen molar-refractivity contribution in [2.24, 2.45) is 0 Å². The highest BCUT2D eigenvalue weighted by molar-refractivity contribution is 6.30. The number of carboxylic acid groups (broad SMARTS) is 2. The van der Waals surface area contributed by atoms with Gasteiger partial charge in [-0.2, -0.15) is 0 Å². The molecule has 2 aromatic carbocycles. The van der Waals surface area contributed by atoms with E-state index in [1.807, 2.05) is 30.3 Å². The summed E-state index contributed by atoms with van der Waals surface area (Å²) in [6.45, 7) is 1.37. The van der Waals surface area contributed by atoms with Crippen molar-refractivity contribution in [2.45, 2.75) is 32.1 Å². The lowest BCUT2D eigenvalue weighted by molar-refractivity contribution is -0.139. The highest BCUT2D eigenvalue weighted by atomic mass is 35.5. The van der Waals surface area contributed by atoms with Gasteiger partial charge in [0.15, 0.2) is 0 Å². The van der Waals surface area contributed by atoms with Crippen LogP contribution in [0.4, 0.5) is 0 Å². The van der Waals surface area contributed by atoms with Gasteiger partial charge in [0.25, 0.3) is 0 Å². The Kier molecular flexibility index (Phi) is 10.3. The second kappa shape index (κ2) is 13.0. The number of carboxylic acids is 2. The van der Waals surface area contributed by atoms with E-state index in [0.717, 1.165) is 29.5 Å². The molecule has 0 radical (unpaired) electrons. The van der Waals surface area contributed by atoms with Crippen molar-refractivity contribution < 1.29 is 29.3 Å². The van der Waals surface area contributed by atoms with Crippen LogP contribution in [0.2, 0.25) is 5.02 Å². The van der Waals surface area contributed by atoms with Gasteiger partial charge in [-0.3, -0.25) is 9.59 Å². The Morgan fingerprint density at radius 3 is 2.23 bits per heavy atom. The summed E-state index contributed by atoms with van der Waals surface area (Å²) in [5.74, 6) is -1.73. The summed E-state index contributed by atoms with van der Waals surface area (Å²) < 4.78 is 10.8. The lowest BCUT2D eigenvalue weighted by Gasteiger charge is -2.12. The predicted molar refractivity (Wildman–Crippen MR) is 115 cm³/mol. The van der Waals surface area contributed by atoms with Gasteiger partial charge in [0.05, 0.1) is 32.7 Å². The van der Waals surface area contributed by atoms with Crippen LogP contribution >= 0.6 is 11.6 Å². The Bertz CT molecular complexity index is 836. The van der Waals surface area contributed by atoms with Crippen LogP contribution in [0.15, 0.2) is 42.5 Å². The van der Waals surface area contributed by atoms with Crippen LogP contribution in [-0.2, 0) is 31.9 Å². The van der Waals surface area contributed by atoms with Crippen LogP contribution in [0, 0.1) is 0 Å². The number of benzene rings is 2. The first-order valence-corrected chi connectivity index (χ1v) is 10.3. The monoisotopic (exact) mass is 434 g/mol. The first kappa shape index (κ1) is 23.9. The molecule has 0 heterocycles. The second-order valence-corrected chi connectivity index (χ2v) is 7.30. The Labute approximate surface area is 181 Å². The molecular weight excluding hydrogens is 408 g/mol. The van der Waals surface area contributed by atoms with Gasteiger partial charge in [0.2, 0.25) is 0 Å². The zero-order valence-corrected chi connectivity index (χ0v) is 17.6. The third-order valence-corrected chi connectivity index (χ3v) is 4.73. The van der Waals surface area contributed by atoms with Crippen LogP contribution in [-0.4, -0.2) is 48.6 Å². The molecule has 30 heavy (non-hydrogen) atoms. The Morgan fingerprint density at radius 1 is 0.833 bits per heavy atom. The molecule has 0 atom stereocenters. The molecule has 2 N–H and O–H groups in total. The topological polar surface area (TPSA) is 93.1 Å². The van der Waals surface area contributed by atoms with E-state index >= 15 is 0 Å². The summed E-state index contributed by atoms with van der Waals surface area (Å²) in [6.07, 6.45) is 2.30. The van der Waals surface area contributed by atoms with Gasteiger partial charge in [-0.05, 0) is 53.6 Å². The van der Waals surface area contributed by atoms with Crippen molar-refractivity contribution >= 4 is 23.5 Å². The molecule has 0 unspecified atom stereocenters. The van der Waals surface area contributed by atoms with E-state index in [0.29, 0.717) is 24.7 Å². The summed E-state index contributed by atoms with van der Waals surface area (Å²) in [6, 6.07) is 14.0. The number of hydrogen-bond donors (Lipinski definition) is 2. The van der Waals surface area contributed by atoms with Crippen LogP contribution in [0.1, 0.15) is 30.4 Å². The molecule has 0 saturated heterocycles. The van der Waals surface area contributed by atoms with Gasteiger partial charge in [-0.15, -0.1) is 0 Å². The fourth-order valence-corrected chi connectivity index (χ4v) is 3.22. The van der Waals surface area contributed by atoms with E-state index in [1.54, 1.807) is 0 Å². The summed E-state index contributed by atoms with van der Waals surface area (Å²) in [5.41, 5.74) is 4.37. The molecule has 7 heteroatoms. The van der Waals surface area contributed by atoms with Crippen LogP contribution in [0.25, 0.3) is 11.1 Å². The van der Waals surface area contributed by atoms with E-state index in [9.17, 15) is 9.59 Å². The molecule has 0 aliphatic rings. The van der Waals surface area contributed by atoms with E-state index in [2.05, 4.69) is 12.1 Å². The quantitative estimate of drug-likeness (QED) is 0.426. The molecule has 0 aliphatic carbocycles. The van der Waals surface area contributed by atoms with Gasteiger partial charge < -0.3 is 19.7 Å². The van der Waals surface area contributed by atoms with Crippen molar-refractivity contribution in [1.82, 2.24) is 0 Å². The van der Waals surface area contributed by atoms with Crippen molar-refractivity contribution in [3.05, 3.63) is 58.6 Å². The number of aliphatic carboxylic acids is 2. The minimum Gasteiger partial charge on any atom is -0.481 e. The van der Waals surface area contributed by atoms with E-state index in [1.165, 1.54) is 5.56 Å². The third kappa shape index (κ3) is 8.95. The number of ether oxygens (including phenoxy) is 2. The number of halogens is 1. The molecule has 2 aromatic rings. The highest BCUT2D eigenvalue weighted by Gasteiger charge is 2.08. The molecule has 0 aromatic heterocycles. The Hall–Kier alpha value is -2.41. The molecule has 2 rings (SSSR count). The van der Waals surface area contributed by atoms with E-state index in [-0.39, 0.29) is 26.1 Å². The van der Waals surface area contributed by atoms with Crippen molar-refractivity contribution in [2.75, 3.05) is 26.4 Å². The van der Waals surface area contributed by atoms with Gasteiger partial charge >= 0.3 is 11.9 Å². The maximum Gasteiger partial charge on any atom is 0.305 e. The van der Waals surface area contributed by atoms with Gasteiger partial charge in [0, 0.05) is 11.6 Å². The van der Waals surface area contributed by atoms with E-state index in [4.69, 9.17) is 31.3 Å². The minimum atomic E-state index is -0.873.